The maximum atomic E-state index is 13.5. The van der Waals surface area contributed by atoms with Crippen LogP contribution in [0.3, 0.4) is 0 Å². The highest BCUT2D eigenvalue weighted by Crippen LogP contribution is 2.39. The van der Waals surface area contributed by atoms with Crippen molar-refractivity contribution in [1.82, 2.24) is 4.57 Å². The van der Waals surface area contributed by atoms with Crippen molar-refractivity contribution in [2.75, 3.05) is 6.61 Å². The first-order valence-electron chi connectivity index (χ1n) is 9.47. The smallest absolute Gasteiger partial charge is 0.431 e. The number of ether oxygens (including phenoxy) is 1. The molecule has 3 nitrogen and oxygen atoms in total. The van der Waals surface area contributed by atoms with Crippen LogP contribution in [0.5, 0.6) is 0 Å². The van der Waals surface area contributed by atoms with Crippen LogP contribution in [-0.4, -0.2) is 17.1 Å². The van der Waals surface area contributed by atoms with Crippen LogP contribution in [0.4, 0.5) is 13.2 Å². The van der Waals surface area contributed by atoms with E-state index in [-0.39, 0.29) is 28.9 Å². The summed E-state index contributed by atoms with van der Waals surface area (Å²) < 4.78 is 46.4. The van der Waals surface area contributed by atoms with Gasteiger partial charge in [0.1, 0.15) is 11.4 Å². The number of benzene rings is 2. The van der Waals surface area contributed by atoms with E-state index in [1.165, 1.54) is 12.5 Å². The molecule has 0 unspecified atom stereocenters. The Morgan fingerprint density at radius 2 is 1.52 bits per heavy atom. The third-order valence-electron chi connectivity index (χ3n) is 4.35. The molecule has 0 aliphatic heterocycles. The number of carbonyl (C=O) groups is 1. The van der Waals surface area contributed by atoms with Gasteiger partial charge in [0.05, 0.1) is 11.1 Å². The molecular formula is C23H22Br2F3NO2. The maximum absolute atomic E-state index is 13.5. The molecule has 0 radical (unpaired) electrons. The Hall–Kier alpha value is -2.06. The lowest BCUT2D eigenvalue weighted by atomic mass is 10.2. The zero-order valence-electron chi connectivity index (χ0n) is 17.0. The number of esters is 1. The van der Waals surface area contributed by atoms with Gasteiger partial charge in [0.15, 0.2) is 0 Å². The molecule has 8 heteroatoms. The Morgan fingerprint density at radius 3 is 1.94 bits per heavy atom. The molecule has 3 rings (SSSR count). The highest BCUT2D eigenvalue weighted by molar-refractivity contribution is 9.10. The Bertz CT molecular complexity index is 988. The highest BCUT2D eigenvalue weighted by atomic mass is 79.9. The largest absolute Gasteiger partial charge is 0.461 e. The lowest BCUT2D eigenvalue weighted by Crippen LogP contribution is -2.20. The molecule has 0 saturated heterocycles. The number of aromatic nitrogens is 1. The second-order valence-corrected chi connectivity index (χ2v) is 7.90. The number of rotatable bonds is 5. The lowest BCUT2D eigenvalue weighted by Gasteiger charge is -2.15. The summed E-state index contributed by atoms with van der Waals surface area (Å²) in [6.07, 6.45) is -4.58. The predicted octanol–water partition coefficient (Wildman–Crippen LogP) is 7.38. The first-order valence-corrected chi connectivity index (χ1v) is 11.4. The summed E-state index contributed by atoms with van der Waals surface area (Å²) in [5.74, 6) is -0.783. The van der Waals surface area contributed by atoms with Crippen LogP contribution in [0.15, 0.2) is 65.1 Å². The first kappa shape index (κ1) is 25.2. The van der Waals surface area contributed by atoms with Crippen LogP contribution in [0.25, 0.3) is 0 Å². The molecule has 31 heavy (non-hydrogen) atoms. The van der Waals surface area contributed by atoms with E-state index in [9.17, 15) is 18.0 Å². The quantitative estimate of drug-likeness (QED) is 0.241. The molecule has 0 N–H and O–H groups in total. The molecule has 0 aliphatic rings. The van der Waals surface area contributed by atoms with Crippen molar-refractivity contribution in [2.24, 2.45) is 0 Å². The molecule has 2 aromatic carbocycles. The fraction of sp³-hybridized carbons (Fsp3) is 0.261. The Morgan fingerprint density at radius 1 is 1.00 bits per heavy atom. The van der Waals surface area contributed by atoms with Gasteiger partial charge in [0.25, 0.3) is 0 Å². The van der Waals surface area contributed by atoms with Crippen LogP contribution >= 0.6 is 31.9 Å². The number of hydrogen-bond acceptors (Lipinski definition) is 2. The van der Waals surface area contributed by atoms with E-state index in [2.05, 4.69) is 44.0 Å². The summed E-state index contributed by atoms with van der Waals surface area (Å²) in [5.41, 5.74) is 0.979. The molecule has 0 aliphatic carbocycles. The third-order valence-corrected chi connectivity index (χ3v) is 5.97. The summed E-state index contributed by atoms with van der Waals surface area (Å²) in [6.45, 7) is 2.95. The van der Waals surface area contributed by atoms with E-state index in [4.69, 9.17) is 4.74 Å². The number of alkyl halides is 4. The van der Waals surface area contributed by atoms with Gasteiger partial charge >= 0.3 is 12.1 Å². The van der Waals surface area contributed by atoms with Crippen LogP contribution in [0.1, 0.15) is 39.8 Å². The molecule has 0 spiro atoms. The molecule has 0 atom stereocenters. The second-order valence-electron chi connectivity index (χ2n) is 6.55. The zero-order chi connectivity index (χ0) is 23.0. The number of hydrogen-bond donors (Lipinski definition) is 0. The predicted molar refractivity (Wildman–Crippen MR) is 122 cm³/mol. The van der Waals surface area contributed by atoms with Gasteiger partial charge < -0.3 is 9.30 Å². The van der Waals surface area contributed by atoms with Gasteiger partial charge in [-0.3, -0.25) is 0 Å². The second kappa shape index (κ2) is 11.5. The van der Waals surface area contributed by atoms with Gasteiger partial charge in [-0.1, -0.05) is 76.6 Å². The van der Waals surface area contributed by atoms with Crippen molar-refractivity contribution in [3.8, 4) is 0 Å². The maximum Gasteiger partial charge on any atom is 0.431 e. The summed E-state index contributed by atoms with van der Waals surface area (Å²) in [6, 6.07) is 18.9. The minimum absolute atomic E-state index is 0.0310. The molecule has 1 heterocycles. The van der Waals surface area contributed by atoms with Gasteiger partial charge in [-0.15, -0.1) is 0 Å². The Labute approximate surface area is 196 Å². The number of carbonyl (C=O) groups excluding carboxylic acids is 1. The van der Waals surface area contributed by atoms with E-state index < -0.39 is 17.8 Å². The van der Waals surface area contributed by atoms with E-state index >= 15 is 0 Å². The first-order chi connectivity index (χ1) is 14.7. The van der Waals surface area contributed by atoms with Gasteiger partial charge in [-0.05, 0) is 46.5 Å². The standard InChI is InChI=1S/C16H15BrF3NO2.C7H7Br/c1-3-23-15(22)13-12(17)10(2)14(16(18,19)20)21(13)9-11-7-5-4-6-8-11;8-6-7-4-2-1-3-5-7/h4-8H,3,9H2,1-2H3;1-5H,6H2. The zero-order valence-corrected chi connectivity index (χ0v) is 20.2. The van der Waals surface area contributed by atoms with Crippen molar-refractivity contribution in [1.29, 1.82) is 0 Å². The van der Waals surface area contributed by atoms with E-state index in [0.29, 0.717) is 5.56 Å². The fourth-order valence-electron chi connectivity index (χ4n) is 2.97. The Balaban J connectivity index is 0.000000357. The van der Waals surface area contributed by atoms with Gasteiger partial charge in [0, 0.05) is 11.9 Å². The third kappa shape index (κ3) is 6.71. The van der Waals surface area contributed by atoms with Gasteiger partial charge in [-0.25, -0.2) is 4.79 Å². The van der Waals surface area contributed by atoms with E-state index in [1.54, 1.807) is 37.3 Å². The van der Waals surface area contributed by atoms with Gasteiger partial charge in [-0.2, -0.15) is 13.2 Å². The van der Waals surface area contributed by atoms with Crippen LogP contribution in [0.2, 0.25) is 0 Å². The van der Waals surface area contributed by atoms with Crippen LogP contribution in [0, 0.1) is 6.92 Å². The monoisotopic (exact) mass is 559 g/mol. The average molecular weight is 561 g/mol. The van der Waals surface area contributed by atoms with E-state index in [1.807, 2.05) is 18.2 Å². The molecule has 0 saturated carbocycles. The van der Waals surface area contributed by atoms with Crippen molar-refractivity contribution < 1.29 is 22.7 Å². The molecule has 166 valence electrons. The van der Waals surface area contributed by atoms with Crippen molar-refractivity contribution in [3.05, 3.63) is 93.2 Å². The number of halogens is 5. The van der Waals surface area contributed by atoms with Crippen molar-refractivity contribution in [3.63, 3.8) is 0 Å². The molecule has 1 aromatic heterocycles. The van der Waals surface area contributed by atoms with Crippen LogP contribution in [-0.2, 0) is 22.8 Å². The van der Waals surface area contributed by atoms with Gasteiger partial charge in [0.2, 0.25) is 0 Å². The van der Waals surface area contributed by atoms with Crippen molar-refractivity contribution >= 4 is 37.8 Å². The van der Waals surface area contributed by atoms with Crippen LogP contribution < -0.4 is 0 Å². The summed E-state index contributed by atoms with van der Waals surface area (Å²) in [7, 11) is 0. The fourth-order valence-corrected chi connectivity index (χ4v) is 3.91. The number of nitrogens with zero attached hydrogens (tertiary/aromatic N) is 1. The SMILES string of the molecule is BrCc1ccccc1.CCOC(=O)c1c(Br)c(C)c(C(F)(F)F)n1Cc1ccccc1. The molecule has 0 amide bonds. The minimum Gasteiger partial charge on any atom is -0.461 e. The molecule has 0 bridgehead atoms. The molecule has 0 fully saturated rings. The molecular weight excluding hydrogens is 539 g/mol. The summed E-state index contributed by atoms with van der Waals surface area (Å²) >= 11 is 6.46. The minimum atomic E-state index is -4.58. The molecule has 3 aromatic rings. The lowest BCUT2D eigenvalue weighted by molar-refractivity contribution is -0.143. The highest BCUT2D eigenvalue weighted by Gasteiger charge is 2.40. The average Bonchev–Trinajstić information content (AvgIpc) is 3.00. The Kier molecular flexibility index (Phi) is 9.37. The topological polar surface area (TPSA) is 31.2 Å². The summed E-state index contributed by atoms with van der Waals surface area (Å²) in [4.78, 5) is 12.1. The van der Waals surface area contributed by atoms with Crippen molar-refractivity contribution in [2.45, 2.75) is 31.9 Å². The van der Waals surface area contributed by atoms with E-state index in [0.717, 1.165) is 9.90 Å². The normalized spacial score (nSPS) is 10.9. The summed E-state index contributed by atoms with van der Waals surface area (Å²) in [5, 5.41) is 0.952.